The lowest BCUT2D eigenvalue weighted by molar-refractivity contribution is 0.113. The van der Waals surface area contributed by atoms with Gasteiger partial charge in [-0.15, -0.1) is 0 Å². The van der Waals surface area contributed by atoms with Crippen LogP contribution >= 0.6 is 35.0 Å². The van der Waals surface area contributed by atoms with Gasteiger partial charge >= 0.3 is 0 Å². The van der Waals surface area contributed by atoms with Crippen molar-refractivity contribution in [2.75, 3.05) is 23.7 Å². The summed E-state index contributed by atoms with van der Waals surface area (Å²) in [6.45, 7) is 1.91. The maximum Gasteiger partial charge on any atom is 0.158 e. The van der Waals surface area contributed by atoms with Gasteiger partial charge in [0.1, 0.15) is 10.8 Å². The van der Waals surface area contributed by atoms with E-state index in [1.54, 1.807) is 12.3 Å². The van der Waals surface area contributed by atoms with Crippen molar-refractivity contribution in [1.29, 1.82) is 0 Å². The fourth-order valence-corrected chi connectivity index (χ4v) is 5.70. The van der Waals surface area contributed by atoms with E-state index in [4.69, 9.17) is 34.7 Å². The molecule has 1 aromatic carbocycles. The molecule has 5 nitrogen and oxygen atoms in total. The van der Waals surface area contributed by atoms with E-state index in [1.165, 1.54) is 31.0 Å². The number of hydrogen-bond acceptors (Lipinski definition) is 6. The van der Waals surface area contributed by atoms with Gasteiger partial charge in [-0.1, -0.05) is 53.9 Å². The second-order valence-corrected chi connectivity index (χ2v) is 9.59. The summed E-state index contributed by atoms with van der Waals surface area (Å²) < 4.78 is 0. The molecule has 2 heterocycles. The molecule has 4 rings (SSSR count). The highest BCUT2D eigenvalue weighted by Gasteiger charge is 2.41. The van der Waals surface area contributed by atoms with Gasteiger partial charge in [-0.2, -0.15) is 0 Å². The van der Waals surface area contributed by atoms with Crippen LogP contribution in [0.1, 0.15) is 38.5 Å². The van der Waals surface area contributed by atoms with Gasteiger partial charge in [-0.3, -0.25) is 0 Å². The third kappa shape index (κ3) is 3.92. The SMILES string of the molecule is Nc1nc(N2CCC3(CCCCC3N)CC2)cnc1Sc1cccc(Cl)c1Cl. The van der Waals surface area contributed by atoms with Crippen LogP contribution in [-0.4, -0.2) is 29.1 Å². The number of piperidine rings is 1. The van der Waals surface area contributed by atoms with E-state index >= 15 is 0 Å². The summed E-state index contributed by atoms with van der Waals surface area (Å²) in [5.41, 5.74) is 13.0. The summed E-state index contributed by atoms with van der Waals surface area (Å²) >= 11 is 13.7. The number of nitrogens with two attached hydrogens (primary N) is 2. The van der Waals surface area contributed by atoms with Crippen LogP contribution in [0.2, 0.25) is 10.0 Å². The van der Waals surface area contributed by atoms with Crippen LogP contribution in [0, 0.1) is 5.41 Å². The summed E-state index contributed by atoms with van der Waals surface area (Å²) in [4.78, 5) is 12.2. The molecule has 1 aromatic heterocycles. The number of anilines is 2. The van der Waals surface area contributed by atoms with Gasteiger partial charge in [-0.05, 0) is 43.2 Å². The summed E-state index contributed by atoms with van der Waals surface area (Å²) in [5, 5.41) is 1.65. The molecule has 1 atom stereocenters. The van der Waals surface area contributed by atoms with Gasteiger partial charge in [0, 0.05) is 24.0 Å². The van der Waals surface area contributed by atoms with Crippen LogP contribution in [0.3, 0.4) is 0 Å². The Hall–Kier alpha value is -1.21. The van der Waals surface area contributed by atoms with E-state index in [0.717, 1.165) is 43.1 Å². The number of benzene rings is 1. The van der Waals surface area contributed by atoms with Gasteiger partial charge in [0.2, 0.25) is 0 Å². The zero-order valence-corrected chi connectivity index (χ0v) is 18.0. The fourth-order valence-electron chi connectivity index (χ4n) is 4.42. The molecule has 1 aliphatic carbocycles. The van der Waals surface area contributed by atoms with Crippen molar-refractivity contribution >= 4 is 46.6 Å². The van der Waals surface area contributed by atoms with Crippen LogP contribution in [0.25, 0.3) is 0 Å². The van der Waals surface area contributed by atoms with Crippen LogP contribution in [-0.2, 0) is 0 Å². The quantitative estimate of drug-likeness (QED) is 0.702. The molecule has 0 radical (unpaired) electrons. The number of nitrogens with zero attached hydrogens (tertiary/aromatic N) is 3. The van der Waals surface area contributed by atoms with Crippen LogP contribution < -0.4 is 16.4 Å². The van der Waals surface area contributed by atoms with E-state index in [0.29, 0.717) is 32.3 Å². The topological polar surface area (TPSA) is 81.1 Å². The average molecular weight is 438 g/mol. The summed E-state index contributed by atoms with van der Waals surface area (Å²) in [6, 6.07) is 5.84. The normalized spacial score (nSPS) is 21.8. The first-order valence-electron chi connectivity index (χ1n) is 9.73. The number of nitrogen functional groups attached to an aromatic ring is 1. The summed E-state index contributed by atoms with van der Waals surface area (Å²) in [7, 11) is 0. The monoisotopic (exact) mass is 437 g/mol. The maximum absolute atomic E-state index is 6.48. The molecule has 1 aliphatic heterocycles. The Morgan fingerprint density at radius 2 is 1.93 bits per heavy atom. The van der Waals surface area contributed by atoms with Crippen molar-refractivity contribution in [3.63, 3.8) is 0 Å². The molecule has 150 valence electrons. The predicted molar refractivity (Wildman–Crippen MR) is 117 cm³/mol. The first kappa shape index (κ1) is 20.1. The lowest BCUT2D eigenvalue weighted by Gasteiger charge is -2.48. The lowest BCUT2D eigenvalue weighted by atomic mass is 9.65. The largest absolute Gasteiger partial charge is 0.381 e. The second-order valence-electron chi connectivity index (χ2n) is 7.77. The highest BCUT2D eigenvalue weighted by Crippen LogP contribution is 2.44. The zero-order valence-electron chi connectivity index (χ0n) is 15.7. The molecule has 1 saturated carbocycles. The van der Waals surface area contributed by atoms with Crippen molar-refractivity contribution in [3.8, 4) is 0 Å². The molecule has 2 fully saturated rings. The maximum atomic E-state index is 6.48. The molecule has 2 aliphatic rings. The first-order valence-corrected chi connectivity index (χ1v) is 11.3. The minimum absolute atomic E-state index is 0.312. The van der Waals surface area contributed by atoms with E-state index in [9.17, 15) is 0 Å². The highest BCUT2D eigenvalue weighted by molar-refractivity contribution is 7.99. The average Bonchev–Trinajstić information content (AvgIpc) is 2.70. The minimum atomic E-state index is 0.312. The summed E-state index contributed by atoms with van der Waals surface area (Å²) in [5.74, 6) is 1.24. The predicted octanol–water partition coefficient (Wildman–Crippen LogP) is 5.00. The Balaban J connectivity index is 1.46. The molecule has 1 unspecified atom stereocenters. The Morgan fingerprint density at radius 1 is 1.14 bits per heavy atom. The van der Waals surface area contributed by atoms with Gasteiger partial charge in [0.25, 0.3) is 0 Å². The number of rotatable bonds is 3. The molecule has 1 spiro atoms. The third-order valence-electron chi connectivity index (χ3n) is 6.18. The molecule has 1 saturated heterocycles. The van der Waals surface area contributed by atoms with E-state index in [-0.39, 0.29) is 0 Å². The van der Waals surface area contributed by atoms with Gasteiger partial charge < -0.3 is 16.4 Å². The van der Waals surface area contributed by atoms with Gasteiger partial charge in [0.05, 0.1) is 16.2 Å². The molecule has 0 bridgehead atoms. The van der Waals surface area contributed by atoms with Crippen molar-refractivity contribution < 1.29 is 0 Å². The van der Waals surface area contributed by atoms with Crippen molar-refractivity contribution in [2.24, 2.45) is 11.1 Å². The second kappa shape index (κ2) is 8.27. The summed E-state index contributed by atoms with van der Waals surface area (Å²) in [6.07, 6.45) is 9.02. The van der Waals surface area contributed by atoms with Gasteiger partial charge in [0.15, 0.2) is 5.82 Å². The van der Waals surface area contributed by atoms with Crippen molar-refractivity contribution in [2.45, 2.75) is 54.5 Å². The van der Waals surface area contributed by atoms with E-state index in [1.807, 2.05) is 12.1 Å². The lowest BCUT2D eigenvalue weighted by Crippen LogP contribution is -2.51. The number of aromatic nitrogens is 2. The molecule has 0 amide bonds. The van der Waals surface area contributed by atoms with Crippen molar-refractivity contribution in [1.82, 2.24) is 9.97 Å². The molecular weight excluding hydrogens is 413 g/mol. The fraction of sp³-hybridized carbons (Fsp3) is 0.500. The number of halogens is 2. The Labute approximate surface area is 180 Å². The molecule has 2 aromatic rings. The smallest absolute Gasteiger partial charge is 0.158 e. The van der Waals surface area contributed by atoms with Crippen LogP contribution in [0.4, 0.5) is 11.6 Å². The Morgan fingerprint density at radius 3 is 2.64 bits per heavy atom. The highest BCUT2D eigenvalue weighted by atomic mass is 35.5. The van der Waals surface area contributed by atoms with Crippen LogP contribution in [0.15, 0.2) is 34.3 Å². The van der Waals surface area contributed by atoms with Crippen molar-refractivity contribution in [3.05, 3.63) is 34.4 Å². The molecule has 8 heteroatoms. The van der Waals surface area contributed by atoms with Crippen LogP contribution in [0.5, 0.6) is 0 Å². The van der Waals surface area contributed by atoms with E-state index in [2.05, 4.69) is 14.9 Å². The first-order chi connectivity index (χ1) is 13.5. The standard InChI is InChI=1S/C20H25Cl2N5S/c21-13-4-3-5-14(17(13)22)28-19-18(24)26-16(12-25-19)27-10-8-20(9-11-27)7-2-1-6-15(20)23/h3-5,12,15H,1-2,6-11,23H2,(H2,24,26). The Kier molecular flexibility index (Phi) is 5.93. The zero-order chi connectivity index (χ0) is 19.7. The minimum Gasteiger partial charge on any atom is -0.381 e. The van der Waals surface area contributed by atoms with Gasteiger partial charge in [-0.25, -0.2) is 9.97 Å². The Bertz CT molecular complexity index is 854. The molecule has 4 N–H and O–H groups in total. The third-order valence-corrected chi connectivity index (χ3v) is 8.18. The van der Waals surface area contributed by atoms with E-state index < -0.39 is 0 Å². The number of hydrogen-bond donors (Lipinski definition) is 2. The molecule has 28 heavy (non-hydrogen) atoms. The molecular formula is C20H25Cl2N5S.